The fourth-order valence-corrected chi connectivity index (χ4v) is 5.41. The largest absolute Gasteiger partial charge is 0.463 e. The number of aryl methyl sites for hydroxylation is 2. The normalized spacial score (nSPS) is 21.3. The highest BCUT2D eigenvalue weighted by Crippen LogP contribution is 2.36. The Kier molecular flexibility index (Phi) is 6.26. The van der Waals surface area contributed by atoms with Crippen LogP contribution in [0, 0.1) is 13.8 Å². The van der Waals surface area contributed by atoms with Crippen molar-refractivity contribution < 1.29 is 14.0 Å². The van der Waals surface area contributed by atoms with Gasteiger partial charge in [0.05, 0.1) is 12.8 Å². The average molecular weight is 475 g/mol. The zero-order valence-electron chi connectivity index (χ0n) is 20.8. The average Bonchev–Trinajstić information content (AvgIpc) is 3.48. The highest BCUT2D eigenvalue weighted by atomic mass is 16.3. The van der Waals surface area contributed by atoms with Gasteiger partial charge in [-0.05, 0) is 62.9 Å². The van der Waals surface area contributed by atoms with E-state index in [-0.39, 0.29) is 24.4 Å². The first kappa shape index (κ1) is 23.4. The number of fused-ring (bicyclic) bond motifs is 1. The van der Waals surface area contributed by atoms with E-state index in [1.54, 1.807) is 28.0 Å². The summed E-state index contributed by atoms with van der Waals surface area (Å²) < 4.78 is 7.19. The predicted molar refractivity (Wildman–Crippen MR) is 135 cm³/mol. The van der Waals surface area contributed by atoms with Crippen LogP contribution in [-0.2, 0) is 11.3 Å². The van der Waals surface area contributed by atoms with Crippen molar-refractivity contribution in [1.29, 1.82) is 0 Å². The monoisotopic (exact) mass is 474 g/mol. The van der Waals surface area contributed by atoms with Crippen molar-refractivity contribution in [2.75, 3.05) is 4.90 Å². The third-order valence-corrected chi connectivity index (χ3v) is 7.46. The van der Waals surface area contributed by atoms with Crippen molar-refractivity contribution in [2.24, 2.45) is 0 Å². The molecule has 0 spiro atoms. The van der Waals surface area contributed by atoms with E-state index in [0.29, 0.717) is 17.1 Å². The summed E-state index contributed by atoms with van der Waals surface area (Å²) in [5.74, 6) is 0.238. The fourth-order valence-electron chi connectivity index (χ4n) is 5.41. The van der Waals surface area contributed by atoms with Crippen LogP contribution in [0.25, 0.3) is 11.5 Å². The fraction of sp³-hybridized carbons (Fsp3) is 0.464. The van der Waals surface area contributed by atoms with Crippen LogP contribution < -0.4 is 10.2 Å². The molecule has 1 saturated carbocycles. The predicted octanol–water partition coefficient (Wildman–Crippen LogP) is 5.41. The molecular formula is C28H34N4O3. The van der Waals surface area contributed by atoms with Gasteiger partial charge in [0.25, 0.3) is 5.91 Å². The van der Waals surface area contributed by atoms with Gasteiger partial charge in [-0.15, -0.1) is 0 Å². The summed E-state index contributed by atoms with van der Waals surface area (Å²) >= 11 is 0. The molecule has 184 valence electrons. The van der Waals surface area contributed by atoms with Crippen LogP contribution in [-0.4, -0.2) is 33.2 Å². The van der Waals surface area contributed by atoms with Gasteiger partial charge in [-0.2, -0.15) is 5.10 Å². The summed E-state index contributed by atoms with van der Waals surface area (Å²) in [6.45, 7) is 6.11. The van der Waals surface area contributed by atoms with Crippen LogP contribution in [0.15, 0.2) is 47.1 Å². The van der Waals surface area contributed by atoms with Crippen molar-refractivity contribution in [2.45, 2.75) is 83.8 Å². The molecule has 3 aromatic rings. The second-order valence-corrected chi connectivity index (χ2v) is 10.3. The number of hydrogen-bond donors (Lipinski definition) is 1. The molecule has 35 heavy (non-hydrogen) atoms. The lowest BCUT2D eigenvalue weighted by molar-refractivity contribution is -0.127. The summed E-state index contributed by atoms with van der Waals surface area (Å²) in [4.78, 5) is 29.7. The molecule has 1 atom stereocenters. The van der Waals surface area contributed by atoms with Crippen LogP contribution in [0.4, 0.5) is 5.69 Å². The molecule has 2 aliphatic rings. The van der Waals surface area contributed by atoms with E-state index in [2.05, 4.69) is 10.4 Å². The van der Waals surface area contributed by atoms with Crippen LogP contribution >= 0.6 is 0 Å². The number of anilines is 1. The first-order chi connectivity index (χ1) is 16.9. The Labute approximate surface area is 206 Å². The van der Waals surface area contributed by atoms with Crippen LogP contribution in [0.3, 0.4) is 0 Å². The molecule has 0 bridgehead atoms. The van der Waals surface area contributed by atoms with Gasteiger partial charge in [0.1, 0.15) is 16.9 Å². The number of nitrogens with zero attached hydrogens (tertiary/aromatic N) is 3. The van der Waals surface area contributed by atoms with Gasteiger partial charge in [0, 0.05) is 17.8 Å². The Bertz CT molecular complexity index is 1220. The molecule has 0 radical (unpaired) electrons. The van der Waals surface area contributed by atoms with Crippen molar-refractivity contribution >= 4 is 17.5 Å². The van der Waals surface area contributed by atoms with Gasteiger partial charge in [-0.1, -0.05) is 44.2 Å². The SMILES string of the molecule is Cc1ccc(C)c(N2C(=O)c3cc(-c4ccco4)nn3C[C@]2(C)C(=O)NC2CCCCCCC2)c1. The number of amides is 2. The number of nitrogens with one attached hydrogen (secondary N) is 1. The standard InChI is InChI=1S/C28H34N4O3/c1-19-13-14-20(2)23(16-19)32-26(33)24-17-22(25-12-9-15-35-25)30-31(24)18-28(32,3)27(34)29-21-10-7-5-4-6-8-11-21/h9,12-17,21H,4-8,10-11,18H2,1-3H3,(H,29,34)/t28-/m1/s1. The number of rotatable bonds is 4. The Balaban J connectivity index is 1.55. The molecule has 1 aliphatic carbocycles. The number of furan rings is 1. The van der Waals surface area contributed by atoms with E-state index in [9.17, 15) is 9.59 Å². The van der Waals surface area contributed by atoms with E-state index in [4.69, 9.17) is 4.42 Å². The summed E-state index contributed by atoms with van der Waals surface area (Å²) in [7, 11) is 0. The van der Waals surface area contributed by atoms with Gasteiger partial charge in [-0.25, -0.2) is 0 Å². The molecule has 0 saturated heterocycles. The summed E-state index contributed by atoms with van der Waals surface area (Å²) in [6, 6.07) is 11.5. The highest BCUT2D eigenvalue weighted by molar-refractivity contribution is 6.12. The molecule has 2 aromatic heterocycles. The lowest BCUT2D eigenvalue weighted by Gasteiger charge is -2.44. The Hall–Kier alpha value is -3.35. The van der Waals surface area contributed by atoms with E-state index in [1.165, 1.54) is 19.3 Å². The Morgan fingerprint density at radius 3 is 2.54 bits per heavy atom. The number of benzene rings is 1. The van der Waals surface area contributed by atoms with E-state index in [1.807, 2.05) is 45.0 Å². The molecule has 1 aliphatic heterocycles. The van der Waals surface area contributed by atoms with E-state index < -0.39 is 5.54 Å². The Morgan fingerprint density at radius 1 is 1.09 bits per heavy atom. The van der Waals surface area contributed by atoms with Gasteiger partial charge in [0.2, 0.25) is 5.91 Å². The second-order valence-electron chi connectivity index (χ2n) is 10.3. The van der Waals surface area contributed by atoms with Gasteiger partial charge < -0.3 is 9.73 Å². The first-order valence-corrected chi connectivity index (χ1v) is 12.7. The quantitative estimate of drug-likeness (QED) is 0.548. The van der Waals surface area contributed by atoms with Crippen molar-refractivity contribution in [3.63, 3.8) is 0 Å². The minimum Gasteiger partial charge on any atom is -0.463 e. The molecular weight excluding hydrogens is 440 g/mol. The molecule has 7 heteroatoms. The molecule has 5 rings (SSSR count). The lowest BCUT2D eigenvalue weighted by atomic mass is 9.91. The molecule has 1 N–H and O–H groups in total. The maximum atomic E-state index is 14.0. The minimum atomic E-state index is -1.13. The molecule has 0 unspecified atom stereocenters. The summed E-state index contributed by atoms with van der Waals surface area (Å²) in [6.07, 6.45) is 9.49. The van der Waals surface area contributed by atoms with Crippen LogP contribution in [0.1, 0.15) is 73.5 Å². The summed E-state index contributed by atoms with van der Waals surface area (Å²) in [5, 5.41) is 7.98. The third kappa shape index (κ3) is 4.40. The van der Waals surface area contributed by atoms with Crippen LogP contribution in [0.2, 0.25) is 0 Å². The van der Waals surface area contributed by atoms with Gasteiger partial charge in [0.15, 0.2) is 5.76 Å². The number of hydrogen-bond acceptors (Lipinski definition) is 4. The summed E-state index contributed by atoms with van der Waals surface area (Å²) in [5.41, 5.74) is 2.66. The highest BCUT2D eigenvalue weighted by Gasteiger charge is 2.49. The number of carbonyl (C=O) groups is 2. The van der Waals surface area contributed by atoms with Gasteiger partial charge >= 0.3 is 0 Å². The zero-order chi connectivity index (χ0) is 24.6. The molecule has 7 nitrogen and oxygen atoms in total. The maximum absolute atomic E-state index is 14.0. The Morgan fingerprint density at radius 2 is 1.83 bits per heavy atom. The van der Waals surface area contributed by atoms with E-state index >= 15 is 0 Å². The molecule has 1 fully saturated rings. The van der Waals surface area contributed by atoms with E-state index in [0.717, 1.165) is 42.5 Å². The topological polar surface area (TPSA) is 80.4 Å². The first-order valence-electron chi connectivity index (χ1n) is 12.7. The number of aromatic nitrogens is 2. The second kappa shape index (κ2) is 9.36. The van der Waals surface area contributed by atoms with Gasteiger partial charge in [-0.3, -0.25) is 19.2 Å². The number of carbonyl (C=O) groups excluding carboxylic acids is 2. The van der Waals surface area contributed by atoms with Crippen molar-refractivity contribution in [3.05, 3.63) is 59.5 Å². The molecule has 1 aromatic carbocycles. The van der Waals surface area contributed by atoms with Crippen LogP contribution in [0.5, 0.6) is 0 Å². The molecule has 2 amide bonds. The lowest BCUT2D eigenvalue weighted by Crippen LogP contribution is -2.65. The maximum Gasteiger partial charge on any atom is 0.277 e. The third-order valence-electron chi connectivity index (χ3n) is 7.46. The minimum absolute atomic E-state index is 0.127. The molecule has 3 heterocycles. The smallest absolute Gasteiger partial charge is 0.277 e. The van der Waals surface area contributed by atoms with Crippen molar-refractivity contribution in [1.82, 2.24) is 15.1 Å². The van der Waals surface area contributed by atoms with Crippen molar-refractivity contribution in [3.8, 4) is 11.5 Å². The zero-order valence-corrected chi connectivity index (χ0v) is 20.8.